The molecule has 22 heavy (non-hydrogen) atoms. The summed E-state index contributed by atoms with van der Waals surface area (Å²) >= 11 is 3.48. The first-order valence-electron chi connectivity index (χ1n) is 8.26. The molecule has 0 radical (unpaired) electrons. The third-order valence-corrected chi connectivity index (χ3v) is 5.35. The van der Waals surface area contributed by atoms with Crippen LogP contribution in [0.25, 0.3) is 0 Å². The van der Waals surface area contributed by atoms with Crippen molar-refractivity contribution in [2.75, 3.05) is 6.61 Å². The van der Waals surface area contributed by atoms with Crippen molar-refractivity contribution in [3.63, 3.8) is 0 Å². The lowest BCUT2D eigenvalue weighted by atomic mass is 9.89. The van der Waals surface area contributed by atoms with E-state index < -0.39 is 0 Å². The zero-order valence-electron chi connectivity index (χ0n) is 13.5. The van der Waals surface area contributed by atoms with Gasteiger partial charge in [0.2, 0.25) is 0 Å². The Hall–Kier alpha value is -0.420. The summed E-state index contributed by atoms with van der Waals surface area (Å²) in [6.45, 7) is 7.49. The van der Waals surface area contributed by atoms with E-state index in [4.69, 9.17) is 14.2 Å². The van der Waals surface area contributed by atoms with Gasteiger partial charge in [-0.2, -0.15) is 0 Å². The number of hydrogen-bond acceptors (Lipinski definition) is 3. The van der Waals surface area contributed by atoms with Crippen LogP contribution in [0.15, 0.2) is 28.7 Å². The average molecular weight is 369 g/mol. The molecular formula is C18H25BrO3. The van der Waals surface area contributed by atoms with Crippen molar-refractivity contribution in [2.45, 2.75) is 58.2 Å². The molecule has 6 atom stereocenters. The molecule has 2 aliphatic rings. The van der Waals surface area contributed by atoms with Crippen molar-refractivity contribution in [3.05, 3.63) is 34.3 Å². The molecule has 2 saturated heterocycles. The van der Waals surface area contributed by atoms with E-state index in [2.05, 4.69) is 48.8 Å². The predicted octanol–water partition coefficient (Wildman–Crippen LogP) is 4.70. The standard InChI is InChI=1S/C18H25BrO3/c1-4-15-12(3)17(16-9-11(2)10-20-16)22-18(21-15)13-5-7-14(19)8-6-13/h5-8,11-12,15-18H,4,9-10H2,1-3H3/t11-,12+,15-,16-,17+,18-/m0/s1. The van der Waals surface area contributed by atoms with Gasteiger partial charge in [0, 0.05) is 22.6 Å². The van der Waals surface area contributed by atoms with E-state index in [1.807, 2.05) is 12.1 Å². The summed E-state index contributed by atoms with van der Waals surface area (Å²) in [5.74, 6) is 0.974. The lowest BCUT2D eigenvalue weighted by Gasteiger charge is -2.42. The van der Waals surface area contributed by atoms with Crippen LogP contribution < -0.4 is 0 Å². The minimum atomic E-state index is -0.293. The monoisotopic (exact) mass is 368 g/mol. The number of benzene rings is 1. The highest BCUT2D eigenvalue weighted by atomic mass is 79.9. The van der Waals surface area contributed by atoms with Crippen LogP contribution >= 0.6 is 15.9 Å². The van der Waals surface area contributed by atoms with Gasteiger partial charge in [-0.05, 0) is 30.9 Å². The third kappa shape index (κ3) is 3.40. The highest BCUT2D eigenvalue weighted by molar-refractivity contribution is 9.10. The summed E-state index contributed by atoms with van der Waals surface area (Å²) < 4.78 is 19.6. The molecule has 0 aromatic heterocycles. The quantitative estimate of drug-likeness (QED) is 0.773. The second kappa shape index (κ2) is 7.00. The van der Waals surface area contributed by atoms with Crippen LogP contribution in [0.1, 0.15) is 45.5 Å². The minimum absolute atomic E-state index is 0.109. The molecule has 3 rings (SSSR count). The van der Waals surface area contributed by atoms with E-state index in [0.29, 0.717) is 11.8 Å². The Morgan fingerprint density at radius 3 is 2.45 bits per heavy atom. The fourth-order valence-electron chi connectivity index (χ4n) is 3.51. The van der Waals surface area contributed by atoms with E-state index in [-0.39, 0.29) is 24.6 Å². The van der Waals surface area contributed by atoms with Crippen LogP contribution in [0.5, 0.6) is 0 Å². The van der Waals surface area contributed by atoms with Gasteiger partial charge in [-0.3, -0.25) is 0 Å². The maximum Gasteiger partial charge on any atom is 0.184 e. The fourth-order valence-corrected chi connectivity index (χ4v) is 3.78. The molecule has 1 aromatic rings. The Morgan fingerprint density at radius 1 is 1.14 bits per heavy atom. The Balaban J connectivity index is 1.79. The first-order valence-corrected chi connectivity index (χ1v) is 9.05. The molecule has 2 heterocycles. The Morgan fingerprint density at radius 2 is 1.86 bits per heavy atom. The van der Waals surface area contributed by atoms with E-state index in [1.54, 1.807) is 0 Å². The van der Waals surface area contributed by atoms with Gasteiger partial charge in [0.15, 0.2) is 6.29 Å². The maximum atomic E-state index is 6.33. The van der Waals surface area contributed by atoms with Crippen molar-refractivity contribution in [3.8, 4) is 0 Å². The van der Waals surface area contributed by atoms with Crippen molar-refractivity contribution in [2.24, 2.45) is 11.8 Å². The lowest BCUT2D eigenvalue weighted by Crippen LogP contribution is -2.47. The van der Waals surface area contributed by atoms with Crippen molar-refractivity contribution >= 4 is 15.9 Å². The van der Waals surface area contributed by atoms with Gasteiger partial charge >= 0.3 is 0 Å². The molecule has 0 saturated carbocycles. The zero-order valence-corrected chi connectivity index (χ0v) is 15.1. The average Bonchev–Trinajstić information content (AvgIpc) is 2.95. The van der Waals surface area contributed by atoms with Crippen LogP contribution in [0.2, 0.25) is 0 Å². The molecule has 0 N–H and O–H groups in total. The third-order valence-electron chi connectivity index (χ3n) is 4.82. The van der Waals surface area contributed by atoms with Crippen molar-refractivity contribution in [1.82, 2.24) is 0 Å². The Kier molecular flexibility index (Phi) is 5.23. The van der Waals surface area contributed by atoms with Gasteiger partial charge in [-0.25, -0.2) is 0 Å². The SMILES string of the molecule is CC[C@@H]1O[C@H](c2ccc(Br)cc2)O[C@@H]([C@@H]2C[C@H](C)CO2)[C@@H]1C. The molecule has 0 bridgehead atoms. The summed E-state index contributed by atoms with van der Waals surface area (Å²) in [4.78, 5) is 0. The second-order valence-corrected chi connectivity index (χ2v) is 7.55. The highest BCUT2D eigenvalue weighted by Crippen LogP contribution is 2.39. The molecule has 0 unspecified atom stereocenters. The number of rotatable bonds is 3. The minimum Gasteiger partial charge on any atom is -0.375 e. The van der Waals surface area contributed by atoms with E-state index in [1.165, 1.54) is 0 Å². The molecule has 3 nitrogen and oxygen atoms in total. The van der Waals surface area contributed by atoms with Crippen LogP contribution in [0, 0.1) is 11.8 Å². The van der Waals surface area contributed by atoms with Gasteiger partial charge in [0.05, 0.1) is 18.3 Å². The van der Waals surface area contributed by atoms with Gasteiger partial charge < -0.3 is 14.2 Å². The molecule has 0 aliphatic carbocycles. The largest absolute Gasteiger partial charge is 0.375 e. The topological polar surface area (TPSA) is 27.7 Å². The molecule has 0 amide bonds. The van der Waals surface area contributed by atoms with E-state index >= 15 is 0 Å². The summed E-state index contributed by atoms with van der Waals surface area (Å²) in [5, 5.41) is 0. The number of ether oxygens (including phenoxy) is 3. The Labute approximate surface area is 141 Å². The molecule has 1 aromatic carbocycles. The molecule has 4 heteroatoms. The summed E-state index contributed by atoms with van der Waals surface area (Å²) in [6, 6.07) is 8.19. The highest BCUT2D eigenvalue weighted by Gasteiger charge is 2.43. The van der Waals surface area contributed by atoms with E-state index in [0.717, 1.165) is 29.5 Å². The van der Waals surface area contributed by atoms with Gasteiger partial charge in [0.25, 0.3) is 0 Å². The van der Waals surface area contributed by atoms with Crippen LogP contribution in [-0.4, -0.2) is 24.9 Å². The number of halogens is 1. The summed E-state index contributed by atoms with van der Waals surface area (Å²) in [7, 11) is 0. The molecule has 122 valence electrons. The normalized spacial score (nSPS) is 39.1. The fraction of sp³-hybridized carbons (Fsp3) is 0.667. The zero-order chi connectivity index (χ0) is 15.7. The van der Waals surface area contributed by atoms with Crippen LogP contribution in [0.3, 0.4) is 0 Å². The molecule has 2 aliphatic heterocycles. The molecule has 0 spiro atoms. The van der Waals surface area contributed by atoms with Gasteiger partial charge in [0.1, 0.15) is 0 Å². The molecular weight excluding hydrogens is 344 g/mol. The maximum absolute atomic E-state index is 6.33. The first-order chi connectivity index (χ1) is 10.6. The lowest BCUT2D eigenvalue weighted by molar-refractivity contribution is -0.288. The first kappa shape index (κ1) is 16.4. The second-order valence-electron chi connectivity index (χ2n) is 6.64. The smallest absolute Gasteiger partial charge is 0.184 e. The Bertz CT molecular complexity index is 488. The van der Waals surface area contributed by atoms with Crippen LogP contribution in [-0.2, 0) is 14.2 Å². The van der Waals surface area contributed by atoms with E-state index in [9.17, 15) is 0 Å². The summed E-state index contributed by atoms with van der Waals surface area (Å²) in [5.41, 5.74) is 1.07. The van der Waals surface area contributed by atoms with Crippen molar-refractivity contribution < 1.29 is 14.2 Å². The number of hydrogen-bond donors (Lipinski definition) is 0. The molecule has 2 fully saturated rings. The van der Waals surface area contributed by atoms with Gasteiger partial charge in [-0.15, -0.1) is 0 Å². The predicted molar refractivity (Wildman–Crippen MR) is 89.6 cm³/mol. The van der Waals surface area contributed by atoms with Crippen molar-refractivity contribution in [1.29, 1.82) is 0 Å². The van der Waals surface area contributed by atoms with Crippen LogP contribution in [0.4, 0.5) is 0 Å². The summed E-state index contributed by atoms with van der Waals surface area (Å²) in [6.07, 6.45) is 2.30. The van der Waals surface area contributed by atoms with Gasteiger partial charge in [-0.1, -0.05) is 48.8 Å².